The van der Waals surface area contributed by atoms with Crippen LogP contribution >= 0.6 is 0 Å². The van der Waals surface area contributed by atoms with E-state index in [0.29, 0.717) is 18.7 Å². The molecule has 2 aliphatic rings. The Balaban J connectivity index is 2.22. The third-order valence-electron chi connectivity index (χ3n) is 5.55. The standard InChI is InChI=1S/C16H16F7NO2S/c1-27(25,26)13-6-7-24-12(13)5-2-9-8-10(3-4-11(9)13)14(17,15(18,19)20)16(21,22)23/h3-4,8,12,24H,2,5-7H2,1H3. The maximum atomic E-state index is 14.3. The highest BCUT2D eigenvalue weighted by atomic mass is 32.2. The first-order valence-electron chi connectivity index (χ1n) is 8.05. The number of hydrogen-bond acceptors (Lipinski definition) is 3. The van der Waals surface area contributed by atoms with Crippen molar-refractivity contribution < 1.29 is 39.2 Å². The molecule has 1 heterocycles. The van der Waals surface area contributed by atoms with Crippen LogP contribution in [0, 0.1) is 0 Å². The van der Waals surface area contributed by atoms with Crippen molar-refractivity contribution in [2.45, 2.75) is 48.1 Å². The predicted molar refractivity (Wildman–Crippen MR) is 82.6 cm³/mol. The molecule has 1 aliphatic carbocycles. The fraction of sp³-hybridized carbons (Fsp3) is 0.625. The lowest BCUT2D eigenvalue weighted by Gasteiger charge is -2.40. The van der Waals surface area contributed by atoms with Gasteiger partial charge in [-0.2, -0.15) is 26.3 Å². The number of aryl methyl sites for hydroxylation is 1. The van der Waals surface area contributed by atoms with Gasteiger partial charge in [-0.15, -0.1) is 0 Å². The van der Waals surface area contributed by atoms with Gasteiger partial charge in [0.25, 0.3) is 0 Å². The normalized spacial score (nSPS) is 26.6. The van der Waals surface area contributed by atoms with E-state index in [4.69, 9.17) is 0 Å². The summed E-state index contributed by atoms with van der Waals surface area (Å²) < 4.78 is 116. The van der Waals surface area contributed by atoms with Crippen molar-refractivity contribution in [1.29, 1.82) is 0 Å². The lowest BCUT2D eigenvalue weighted by Crippen LogP contribution is -2.51. The van der Waals surface area contributed by atoms with E-state index in [1.165, 1.54) is 0 Å². The van der Waals surface area contributed by atoms with E-state index >= 15 is 0 Å². The monoisotopic (exact) mass is 419 g/mol. The summed E-state index contributed by atoms with van der Waals surface area (Å²) in [5.41, 5.74) is -6.98. The highest BCUT2D eigenvalue weighted by molar-refractivity contribution is 7.91. The Labute approximate surface area is 150 Å². The van der Waals surface area contributed by atoms with Crippen LogP contribution in [0.2, 0.25) is 0 Å². The molecule has 1 aromatic rings. The molecule has 1 fully saturated rings. The van der Waals surface area contributed by atoms with Gasteiger partial charge >= 0.3 is 18.0 Å². The Morgan fingerprint density at radius 1 is 1.07 bits per heavy atom. The van der Waals surface area contributed by atoms with Crippen LogP contribution in [-0.2, 0) is 26.7 Å². The maximum Gasteiger partial charge on any atom is 0.435 e. The van der Waals surface area contributed by atoms with Crippen molar-refractivity contribution >= 4 is 9.84 Å². The van der Waals surface area contributed by atoms with Crippen LogP contribution in [0.4, 0.5) is 30.7 Å². The van der Waals surface area contributed by atoms with Crippen molar-refractivity contribution in [2.24, 2.45) is 0 Å². The molecule has 0 bridgehead atoms. The number of fused-ring (bicyclic) bond motifs is 3. The molecular weight excluding hydrogens is 403 g/mol. The summed E-state index contributed by atoms with van der Waals surface area (Å²) in [4.78, 5) is 0. The number of nitrogens with one attached hydrogen (secondary N) is 1. The zero-order chi connectivity index (χ0) is 20.5. The van der Waals surface area contributed by atoms with Gasteiger partial charge in [-0.05, 0) is 36.9 Å². The van der Waals surface area contributed by atoms with Crippen molar-refractivity contribution in [2.75, 3.05) is 12.8 Å². The molecule has 27 heavy (non-hydrogen) atoms. The quantitative estimate of drug-likeness (QED) is 0.747. The fourth-order valence-corrected chi connectivity index (χ4v) is 6.08. The zero-order valence-electron chi connectivity index (χ0n) is 14.0. The molecule has 0 spiro atoms. The molecule has 1 aromatic carbocycles. The first-order valence-corrected chi connectivity index (χ1v) is 9.94. The van der Waals surface area contributed by atoms with E-state index in [0.717, 1.165) is 12.3 Å². The summed E-state index contributed by atoms with van der Waals surface area (Å²) in [6.45, 7) is 0.344. The molecule has 0 amide bonds. The summed E-state index contributed by atoms with van der Waals surface area (Å²) in [5, 5.41) is 3.03. The molecule has 1 N–H and O–H groups in total. The predicted octanol–water partition coefficient (Wildman–Crippen LogP) is 3.52. The third-order valence-corrected chi connectivity index (χ3v) is 7.59. The van der Waals surface area contributed by atoms with Crippen molar-refractivity contribution in [1.82, 2.24) is 5.32 Å². The van der Waals surface area contributed by atoms with Gasteiger partial charge in [0.05, 0.1) is 0 Å². The van der Waals surface area contributed by atoms with E-state index in [1.807, 2.05) is 0 Å². The first kappa shape index (κ1) is 20.4. The number of hydrogen-bond donors (Lipinski definition) is 1. The smallest absolute Gasteiger partial charge is 0.312 e. The molecule has 11 heteroatoms. The van der Waals surface area contributed by atoms with Crippen molar-refractivity contribution in [3.63, 3.8) is 0 Å². The second kappa shape index (κ2) is 5.82. The summed E-state index contributed by atoms with van der Waals surface area (Å²) in [7, 11) is -3.74. The maximum absolute atomic E-state index is 14.3. The summed E-state index contributed by atoms with van der Waals surface area (Å²) in [6.07, 6.45) is -11.0. The van der Waals surface area contributed by atoms with Gasteiger partial charge in [-0.3, -0.25) is 0 Å². The van der Waals surface area contributed by atoms with E-state index < -0.39 is 44.2 Å². The van der Waals surface area contributed by atoms with E-state index in [-0.39, 0.29) is 30.4 Å². The van der Waals surface area contributed by atoms with E-state index in [9.17, 15) is 39.2 Å². The SMILES string of the molecule is CS(=O)(=O)C12CCNC1CCc1cc(C(F)(C(F)(F)F)C(F)(F)F)ccc12. The van der Waals surface area contributed by atoms with Gasteiger partial charge in [0.2, 0.25) is 0 Å². The molecule has 3 nitrogen and oxygen atoms in total. The number of rotatable bonds is 2. The number of alkyl halides is 7. The largest absolute Gasteiger partial charge is 0.435 e. The van der Waals surface area contributed by atoms with Crippen LogP contribution in [0.15, 0.2) is 18.2 Å². The van der Waals surface area contributed by atoms with Crippen molar-refractivity contribution in [3.8, 4) is 0 Å². The minimum atomic E-state index is -6.21. The Kier molecular flexibility index (Phi) is 4.39. The molecule has 152 valence electrons. The molecule has 2 atom stereocenters. The summed E-state index contributed by atoms with van der Waals surface area (Å²) >= 11 is 0. The average molecular weight is 419 g/mol. The van der Waals surface area contributed by atoms with Crippen LogP contribution in [0.5, 0.6) is 0 Å². The number of sulfone groups is 1. The second-order valence-electron chi connectivity index (χ2n) is 6.98. The molecule has 3 rings (SSSR count). The van der Waals surface area contributed by atoms with Gasteiger partial charge in [0.1, 0.15) is 4.75 Å². The lowest BCUT2D eigenvalue weighted by atomic mass is 9.77. The minimum Gasteiger partial charge on any atom is -0.312 e. The molecule has 2 unspecified atom stereocenters. The van der Waals surface area contributed by atoms with Crippen LogP contribution in [-0.4, -0.2) is 39.6 Å². The van der Waals surface area contributed by atoms with Gasteiger partial charge < -0.3 is 5.32 Å². The summed E-state index contributed by atoms with van der Waals surface area (Å²) in [5.74, 6) is 0. The minimum absolute atomic E-state index is 0.00611. The van der Waals surface area contributed by atoms with Crippen LogP contribution in [0.25, 0.3) is 0 Å². The third kappa shape index (κ3) is 2.68. The Hall–Kier alpha value is -1.36. The fourth-order valence-electron chi connectivity index (χ4n) is 4.29. The molecule has 1 saturated heterocycles. The Morgan fingerprint density at radius 3 is 2.19 bits per heavy atom. The van der Waals surface area contributed by atoms with Gasteiger partial charge in [-0.25, -0.2) is 12.8 Å². The first-order chi connectivity index (χ1) is 12.2. The van der Waals surface area contributed by atoms with Gasteiger partial charge in [0.15, 0.2) is 9.84 Å². The van der Waals surface area contributed by atoms with Gasteiger partial charge in [-0.1, -0.05) is 18.2 Å². The molecule has 0 radical (unpaired) electrons. The van der Waals surface area contributed by atoms with Crippen LogP contribution in [0.3, 0.4) is 0 Å². The Morgan fingerprint density at radius 2 is 1.67 bits per heavy atom. The zero-order valence-corrected chi connectivity index (χ0v) is 14.8. The van der Waals surface area contributed by atoms with E-state index in [2.05, 4.69) is 5.32 Å². The van der Waals surface area contributed by atoms with Crippen LogP contribution in [0.1, 0.15) is 29.5 Å². The average Bonchev–Trinajstić information content (AvgIpc) is 2.96. The molecule has 1 aliphatic heterocycles. The second-order valence-corrected chi connectivity index (χ2v) is 9.26. The molecule has 0 saturated carbocycles. The van der Waals surface area contributed by atoms with Crippen LogP contribution < -0.4 is 5.32 Å². The summed E-state index contributed by atoms with van der Waals surface area (Å²) in [6, 6.07) is 1.31. The number of halogens is 7. The highest BCUT2D eigenvalue weighted by Gasteiger charge is 2.73. The lowest BCUT2D eigenvalue weighted by molar-refractivity contribution is -0.348. The van der Waals surface area contributed by atoms with Gasteiger partial charge in [0, 0.05) is 17.9 Å². The van der Waals surface area contributed by atoms with Crippen molar-refractivity contribution in [3.05, 3.63) is 34.9 Å². The molecular formula is C16H16F7NO2S. The molecule has 0 aromatic heterocycles. The topological polar surface area (TPSA) is 46.2 Å². The van der Waals surface area contributed by atoms with E-state index in [1.54, 1.807) is 0 Å². The number of benzene rings is 1. The Bertz CT molecular complexity index is 849. The highest BCUT2D eigenvalue weighted by Crippen LogP contribution is 2.54.